The minimum Gasteiger partial charge on any atom is -0.496 e. The van der Waals surface area contributed by atoms with Crippen molar-refractivity contribution in [3.8, 4) is 5.75 Å². The molecular weight excluding hydrogens is 344 g/mol. The first kappa shape index (κ1) is 19.0. The lowest BCUT2D eigenvalue weighted by Crippen LogP contribution is -2.31. The molecule has 0 unspecified atom stereocenters. The van der Waals surface area contributed by atoms with E-state index in [9.17, 15) is 13.2 Å². The second-order valence-corrected chi connectivity index (χ2v) is 7.88. The number of hydrogen-bond acceptors (Lipinski definition) is 5. The Morgan fingerprint density at radius 3 is 2.60 bits per heavy atom. The molecule has 25 heavy (non-hydrogen) atoms. The van der Waals surface area contributed by atoms with E-state index in [1.54, 1.807) is 12.1 Å². The molecule has 136 valence electrons. The first-order valence-electron chi connectivity index (χ1n) is 7.73. The van der Waals surface area contributed by atoms with Crippen molar-refractivity contribution in [2.75, 3.05) is 14.2 Å². The second-order valence-electron chi connectivity index (χ2n) is 5.83. The van der Waals surface area contributed by atoms with Gasteiger partial charge in [0.05, 0.1) is 30.4 Å². The van der Waals surface area contributed by atoms with Crippen LogP contribution in [0, 0.1) is 0 Å². The molecular formula is C17H22N2O5S. The topological polar surface area (TPSA) is 88.9 Å². The molecule has 0 aliphatic heterocycles. The lowest BCUT2D eigenvalue weighted by Gasteiger charge is -2.18. The van der Waals surface area contributed by atoms with E-state index in [1.807, 2.05) is 13.8 Å². The van der Waals surface area contributed by atoms with Crippen molar-refractivity contribution in [1.82, 2.24) is 9.62 Å². The first-order valence-corrected chi connectivity index (χ1v) is 9.17. The molecule has 7 nitrogen and oxygen atoms in total. The van der Waals surface area contributed by atoms with Crippen LogP contribution in [-0.2, 0) is 16.6 Å². The van der Waals surface area contributed by atoms with E-state index < -0.39 is 15.9 Å². The molecule has 2 aromatic rings. The molecule has 1 N–H and O–H groups in total. The van der Waals surface area contributed by atoms with Gasteiger partial charge in [-0.2, -0.15) is 4.31 Å². The smallest absolute Gasteiger partial charge is 0.255 e. The molecule has 1 aromatic heterocycles. The standard InChI is InChI=1S/C17H22N2O5S/c1-12(2)18-17(20)15-10-14(7-8-16(15)23-4)25(21,22)19(3)11-13-6-5-9-24-13/h5-10,12H,11H2,1-4H3,(H,18,20). The summed E-state index contributed by atoms with van der Waals surface area (Å²) in [6.45, 7) is 3.74. The molecule has 0 atom stereocenters. The number of nitrogens with zero attached hydrogens (tertiary/aromatic N) is 1. The van der Waals surface area contributed by atoms with Gasteiger partial charge in [-0.15, -0.1) is 0 Å². The van der Waals surface area contributed by atoms with Gasteiger partial charge in [-0.3, -0.25) is 4.79 Å². The minimum absolute atomic E-state index is 0.0104. The van der Waals surface area contributed by atoms with Crippen molar-refractivity contribution in [3.63, 3.8) is 0 Å². The zero-order chi connectivity index (χ0) is 18.6. The number of benzene rings is 1. The zero-order valence-electron chi connectivity index (χ0n) is 14.6. The molecule has 0 radical (unpaired) electrons. The normalized spacial score (nSPS) is 11.8. The largest absolute Gasteiger partial charge is 0.496 e. The predicted molar refractivity (Wildman–Crippen MR) is 93.0 cm³/mol. The highest BCUT2D eigenvalue weighted by Crippen LogP contribution is 2.25. The zero-order valence-corrected chi connectivity index (χ0v) is 15.5. The molecule has 0 saturated heterocycles. The monoisotopic (exact) mass is 366 g/mol. The first-order chi connectivity index (χ1) is 11.8. The van der Waals surface area contributed by atoms with E-state index in [0.29, 0.717) is 11.5 Å². The fraction of sp³-hybridized carbons (Fsp3) is 0.353. The predicted octanol–water partition coefficient (Wildman–Crippen LogP) is 2.25. The van der Waals surface area contributed by atoms with Gasteiger partial charge in [0.25, 0.3) is 5.91 Å². The van der Waals surface area contributed by atoms with Crippen LogP contribution >= 0.6 is 0 Å². The Morgan fingerprint density at radius 2 is 2.04 bits per heavy atom. The Balaban J connectivity index is 2.35. The highest BCUT2D eigenvalue weighted by atomic mass is 32.2. The summed E-state index contributed by atoms with van der Waals surface area (Å²) in [6.07, 6.45) is 1.48. The summed E-state index contributed by atoms with van der Waals surface area (Å²) >= 11 is 0. The molecule has 0 saturated carbocycles. The lowest BCUT2D eigenvalue weighted by atomic mass is 10.2. The van der Waals surface area contributed by atoms with Crippen molar-refractivity contribution in [2.45, 2.75) is 31.3 Å². The Bertz CT molecular complexity index is 829. The third-order valence-electron chi connectivity index (χ3n) is 3.50. The van der Waals surface area contributed by atoms with Gasteiger partial charge in [0, 0.05) is 13.1 Å². The van der Waals surface area contributed by atoms with Gasteiger partial charge in [-0.05, 0) is 44.2 Å². The van der Waals surface area contributed by atoms with E-state index in [0.717, 1.165) is 4.31 Å². The van der Waals surface area contributed by atoms with Gasteiger partial charge in [-0.25, -0.2) is 8.42 Å². The van der Waals surface area contributed by atoms with Crippen molar-refractivity contribution < 1.29 is 22.4 Å². The van der Waals surface area contributed by atoms with Crippen LogP contribution in [-0.4, -0.2) is 38.8 Å². The van der Waals surface area contributed by atoms with Crippen LogP contribution in [0.4, 0.5) is 0 Å². The van der Waals surface area contributed by atoms with Crippen LogP contribution in [0.25, 0.3) is 0 Å². The number of carbonyl (C=O) groups excluding carboxylic acids is 1. The maximum atomic E-state index is 12.8. The number of amides is 1. The molecule has 0 spiro atoms. The summed E-state index contributed by atoms with van der Waals surface area (Å²) in [5, 5.41) is 2.74. The molecule has 1 amide bonds. The third kappa shape index (κ3) is 4.40. The number of sulfonamides is 1. The number of furan rings is 1. The fourth-order valence-corrected chi connectivity index (χ4v) is 3.42. The van der Waals surface area contributed by atoms with Gasteiger partial charge in [0.15, 0.2) is 0 Å². The lowest BCUT2D eigenvalue weighted by molar-refractivity contribution is 0.0940. The van der Waals surface area contributed by atoms with Crippen LogP contribution in [0.3, 0.4) is 0 Å². The van der Waals surface area contributed by atoms with Crippen LogP contribution in [0.2, 0.25) is 0 Å². The molecule has 0 fully saturated rings. The second kappa shape index (κ2) is 7.71. The van der Waals surface area contributed by atoms with Crippen molar-refractivity contribution in [2.24, 2.45) is 0 Å². The van der Waals surface area contributed by atoms with E-state index in [1.165, 1.54) is 38.6 Å². The number of nitrogens with one attached hydrogen (secondary N) is 1. The Hall–Kier alpha value is -2.32. The Kier molecular flexibility index (Phi) is 5.86. The molecule has 8 heteroatoms. The van der Waals surface area contributed by atoms with Gasteiger partial charge in [-0.1, -0.05) is 0 Å². The fourth-order valence-electron chi connectivity index (χ4n) is 2.25. The Labute approximate surface area is 147 Å². The summed E-state index contributed by atoms with van der Waals surface area (Å²) in [5.74, 6) is 0.445. The SMILES string of the molecule is COc1ccc(S(=O)(=O)N(C)Cc2ccco2)cc1C(=O)NC(C)C. The number of hydrogen-bond donors (Lipinski definition) is 1. The highest BCUT2D eigenvalue weighted by Gasteiger charge is 2.24. The summed E-state index contributed by atoms with van der Waals surface area (Å²) in [7, 11) is -0.903. The minimum atomic E-state index is -3.79. The third-order valence-corrected chi connectivity index (χ3v) is 5.30. The quantitative estimate of drug-likeness (QED) is 0.812. The molecule has 0 aliphatic carbocycles. The van der Waals surface area contributed by atoms with Crippen molar-refractivity contribution in [3.05, 3.63) is 47.9 Å². The summed E-state index contributed by atoms with van der Waals surface area (Å²) in [5.41, 5.74) is 0.170. The summed E-state index contributed by atoms with van der Waals surface area (Å²) < 4.78 is 37.1. The van der Waals surface area contributed by atoms with Crippen LogP contribution in [0.5, 0.6) is 5.75 Å². The Morgan fingerprint density at radius 1 is 1.32 bits per heavy atom. The number of carbonyl (C=O) groups is 1. The summed E-state index contributed by atoms with van der Waals surface area (Å²) in [4.78, 5) is 12.3. The van der Waals surface area contributed by atoms with Gasteiger partial charge in [0.1, 0.15) is 11.5 Å². The van der Waals surface area contributed by atoms with E-state index in [4.69, 9.17) is 9.15 Å². The van der Waals surface area contributed by atoms with E-state index in [2.05, 4.69) is 5.32 Å². The average Bonchev–Trinajstić information content (AvgIpc) is 3.06. The number of ether oxygens (including phenoxy) is 1. The van der Waals surface area contributed by atoms with Crippen LogP contribution in [0.15, 0.2) is 45.9 Å². The van der Waals surface area contributed by atoms with Crippen molar-refractivity contribution in [1.29, 1.82) is 0 Å². The van der Waals surface area contributed by atoms with E-state index >= 15 is 0 Å². The van der Waals surface area contributed by atoms with Gasteiger partial charge >= 0.3 is 0 Å². The van der Waals surface area contributed by atoms with Gasteiger partial charge < -0.3 is 14.5 Å². The molecule has 2 rings (SSSR count). The molecule has 0 aliphatic rings. The molecule has 1 aromatic carbocycles. The molecule has 0 bridgehead atoms. The maximum absolute atomic E-state index is 12.8. The van der Waals surface area contributed by atoms with E-state index in [-0.39, 0.29) is 23.0 Å². The van der Waals surface area contributed by atoms with Crippen LogP contribution in [0.1, 0.15) is 30.0 Å². The molecule has 1 heterocycles. The van der Waals surface area contributed by atoms with Gasteiger partial charge in [0.2, 0.25) is 10.0 Å². The van der Waals surface area contributed by atoms with Crippen molar-refractivity contribution >= 4 is 15.9 Å². The number of rotatable bonds is 7. The average molecular weight is 366 g/mol. The summed E-state index contributed by atoms with van der Waals surface area (Å²) in [6, 6.07) is 7.52. The maximum Gasteiger partial charge on any atom is 0.255 e. The van der Waals surface area contributed by atoms with Crippen LogP contribution < -0.4 is 10.1 Å². The number of methoxy groups -OCH3 is 1. The highest BCUT2D eigenvalue weighted by molar-refractivity contribution is 7.89.